The summed E-state index contributed by atoms with van der Waals surface area (Å²) in [5.41, 5.74) is 2.89. The minimum absolute atomic E-state index is 0.0633. The molecule has 0 saturated carbocycles. The van der Waals surface area contributed by atoms with Crippen molar-refractivity contribution in [2.45, 2.75) is 0 Å². The number of halogens is 2. The summed E-state index contributed by atoms with van der Waals surface area (Å²) in [5.74, 6) is 1.44. The average molecular weight is 438 g/mol. The molecule has 3 nitrogen and oxygen atoms in total. The van der Waals surface area contributed by atoms with E-state index >= 15 is 0 Å². The second-order valence-electron chi connectivity index (χ2n) is 7.87. The number of hydrogen-bond acceptors (Lipinski definition) is 2. The van der Waals surface area contributed by atoms with Gasteiger partial charge in [-0.2, -0.15) is 0 Å². The third-order valence-corrected chi connectivity index (χ3v) is 5.72. The van der Waals surface area contributed by atoms with E-state index in [0.29, 0.717) is 22.6 Å². The minimum atomic E-state index is -4.50. The van der Waals surface area contributed by atoms with Gasteiger partial charge in [0, 0.05) is 22.6 Å². The third-order valence-electron chi connectivity index (χ3n) is 5.72. The quantitative estimate of drug-likeness (QED) is 0.195. The molecule has 4 aromatic carbocycles. The molecule has 6 rings (SSSR count). The zero-order chi connectivity index (χ0) is 22.4. The molecule has 0 aliphatic carbocycles. The number of rotatable bonds is 2. The summed E-state index contributed by atoms with van der Waals surface area (Å²) in [5, 5.41) is 1.69. The van der Waals surface area contributed by atoms with Crippen LogP contribution in [-0.4, -0.2) is 12.9 Å². The van der Waals surface area contributed by atoms with Gasteiger partial charge in [-0.3, -0.25) is 0 Å². The van der Waals surface area contributed by atoms with Crippen molar-refractivity contribution in [2.75, 3.05) is 0 Å². The first-order valence-corrected chi connectivity index (χ1v) is 10.6. The van der Waals surface area contributed by atoms with Gasteiger partial charge in [0.2, 0.25) is 0 Å². The Morgan fingerprint density at radius 2 is 1.52 bits per heavy atom. The maximum absolute atomic E-state index is 14.5. The van der Waals surface area contributed by atoms with E-state index in [0.717, 1.165) is 21.9 Å². The van der Waals surface area contributed by atoms with Gasteiger partial charge in [-0.25, -0.2) is 0 Å². The van der Waals surface area contributed by atoms with Gasteiger partial charge in [0.05, 0.1) is 5.75 Å². The molecule has 2 heterocycles. The minimum Gasteiger partial charge on any atom is -0.569 e. The SMILES string of the molecule is F[B-]1(F)Oc2ccc3ccccc3c2C(/C=C2/C=C(c3ccccc3)Oc3ccccc32)=[O+]1. The van der Waals surface area contributed by atoms with Gasteiger partial charge in [-0.15, -0.1) is 0 Å². The van der Waals surface area contributed by atoms with Gasteiger partial charge in [-0.05, 0) is 29.2 Å². The molecule has 0 unspecified atom stereocenters. The first-order valence-electron chi connectivity index (χ1n) is 10.6. The highest BCUT2D eigenvalue weighted by molar-refractivity contribution is 6.52. The van der Waals surface area contributed by atoms with Crippen LogP contribution >= 0.6 is 0 Å². The largest absolute Gasteiger partial charge is 0.995 e. The van der Waals surface area contributed by atoms with Crippen LogP contribution in [0.3, 0.4) is 0 Å². The second-order valence-corrected chi connectivity index (χ2v) is 7.87. The summed E-state index contributed by atoms with van der Waals surface area (Å²) in [4.78, 5) is 0. The first kappa shape index (κ1) is 19.5. The lowest BCUT2D eigenvalue weighted by Crippen LogP contribution is -2.35. The fourth-order valence-electron chi connectivity index (χ4n) is 4.26. The molecule has 0 saturated heterocycles. The molecule has 0 amide bonds. The maximum atomic E-state index is 14.5. The molecule has 0 spiro atoms. The summed E-state index contributed by atoms with van der Waals surface area (Å²) in [7, 11) is -4.50. The second kappa shape index (κ2) is 7.45. The fourth-order valence-corrected chi connectivity index (χ4v) is 4.26. The van der Waals surface area contributed by atoms with Crippen molar-refractivity contribution in [3.63, 3.8) is 0 Å². The van der Waals surface area contributed by atoms with Crippen LogP contribution in [0.2, 0.25) is 0 Å². The van der Waals surface area contributed by atoms with Gasteiger partial charge in [0.25, 0.3) is 5.78 Å². The number of benzene rings is 4. The number of para-hydroxylation sites is 1. The topological polar surface area (TPSA) is 29.8 Å². The van der Waals surface area contributed by atoms with Crippen molar-refractivity contribution in [3.8, 4) is 11.5 Å². The fraction of sp³-hybridized carbons (Fsp3) is 0. The highest BCUT2D eigenvalue weighted by Gasteiger charge is 2.54. The van der Waals surface area contributed by atoms with Crippen LogP contribution < -0.4 is 9.39 Å². The summed E-state index contributed by atoms with van der Waals surface area (Å²) >= 11 is 0. The number of fused-ring (bicyclic) bond motifs is 4. The van der Waals surface area contributed by atoms with Crippen LogP contribution in [0, 0.1) is 0 Å². The predicted octanol–water partition coefficient (Wildman–Crippen LogP) is 6.84. The van der Waals surface area contributed by atoms with Crippen molar-refractivity contribution in [1.29, 1.82) is 0 Å². The van der Waals surface area contributed by atoms with Gasteiger partial charge in [0.15, 0.2) is 0 Å². The molecule has 0 radical (unpaired) electrons. The highest BCUT2D eigenvalue weighted by Crippen LogP contribution is 2.39. The molecular weight excluding hydrogens is 421 g/mol. The Morgan fingerprint density at radius 1 is 0.758 bits per heavy atom. The van der Waals surface area contributed by atoms with Crippen molar-refractivity contribution < 1.29 is 22.4 Å². The van der Waals surface area contributed by atoms with Crippen molar-refractivity contribution >= 4 is 35.0 Å². The van der Waals surface area contributed by atoms with E-state index in [9.17, 15) is 8.63 Å². The van der Waals surface area contributed by atoms with Crippen LogP contribution in [0.1, 0.15) is 21.0 Å². The Morgan fingerprint density at radius 3 is 2.39 bits per heavy atom. The van der Waals surface area contributed by atoms with Crippen LogP contribution in [0.5, 0.6) is 11.5 Å². The van der Waals surface area contributed by atoms with Gasteiger partial charge in [0.1, 0.15) is 17.1 Å². The standard InChI is InChI=1S/C27H17BF2O3/c29-28(30)32-24-15-14-18-8-4-5-12-22(18)27(24)26(33-28)17-20-16-25(19-9-2-1-3-10-19)31-23-13-7-6-11-21(20)23/h1-17H/b20-17-. The van der Waals surface area contributed by atoms with E-state index < -0.39 is 7.11 Å². The van der Waals surface area contributed by atoms with Crippen LogP contribution in [0.4, 0.5) is 8.63 Å². The molecule has 0 N–H and O–H groups in total. The predicted molar refractivity (Wildman–Crippen MR) is 126 cm³/mol. The summed E-state index contributed by atoms with van der Waals surface area (Å²) < 4.78 is 45.1. The molecule has 160 valence electrons. The molecular formula is C27H17BF2O3. The number of carbonyl (C=O) groups excluding carboxylic acids is 1. The van der Waals surface area contributed by atoms with Crippen molar-refractivity contribution in [2.24, 2.45) is 0 Å². The molecule has 0 bridgehead atoms. The van der Waals surface area contributed by atoms with Gasteiger partial charge >= 0.3 is 7.11 Å². The number of ketones is 1. The lowest BCUT2D eigenvalue weighted by Gasteiger charge is -2.23. The average Bonchev–Trinajstić information content (AvgIpc) is 2.83. The first-order chi connectivity index (χ1) is 16.1. The van der Waals surface area contributed by atoms with E-state index in [4.69, 9.17) is 13.7 Å². The molecule has 0 atom stereocenters. The Bertz CT molecular complexity index is 1490. The van der Waals surface area contributed by atoms with E-state index in [-0.39, 0.29) is 11.5 Å². The Labute approximate surface area is 189 Å². The summed E-state index contributed by atoms with van der Waals surface area (Å²) in [6.45, 7) is 0. The molecule has 0 fully saturated rings. The molecule has 2 aliphatic heterocycles. The zero-order valence-corrected chi connectivity index (χ0v) is 17.4. The van der Waals surface area contributed by atoms with E-state index in [1.54, 1.807) is 18.2 Å². The lowest BCUT2D eigenvalue weighted by atomic mass is 9.93. The molecule has 33 heavy (non-hydrogen) atoms. The summed E-state index contributed by atoms with van der Waals surface area (Å²) in [6, 6.07) is 28.1. The summed E-state index contributed by atoms with van der Waals surface area (Å²) in [6.07, 6.45) is 3.49. The van der Waals surface area contributed by atoms with Crippen LogP contribution in [0.25, 0.3) is 22.1 Å². The highest BCUT2D eigenvalue weighted by atomic mass is 19.3. The Hall–Kier alpha value is -4.19. The van der Waals surface area contributed by atoms with Crippen LogP contribution in [-0.2, 0) is 0 Å². The lowest BCUT2D eigenvalue weighted by molar-refractivity contribution is -0.180. The van der Waals surface area contributed by atoms with Gasteiger partial charge < -0.3 is 22.4 Å². The van der Waals surface area contributed by atoms with Crippen molar-refractivity contribution in [1.82, 2.24) is 0 Å². The molecule has 4 aromatic rings. The van der Waals surface area contributed by atoms with E-state index in [1.165, 1.54) is 0 Å². The monoisotopic (exact) mass is 438 g/mol. The Kier molecular flexibility index (Phi) is 4.40. The number of allylic oxidation sites excluding steroid dienone is 3. The van der Waals surface area contributed by atoms with Gasteiger partial charge in [-0.1, -0.05) is 78.9 Å². The number of hydrogen-bond donors (Lipinski definition) is 0. The smallest absolute Gasteiger partial charge is 0.569 e. The number of ether oxygens (including phenoxy) is 1. The van der Waals surface area contributed by atoms with E-state index in [2.05, 4.69) is 0 Å². The van der Waals surface area contributed by atoms with Crippen molar-refractivity contribution in [3.05, 3.63) is 120 Å². The molecule has 2 aliphatic rings. The maximum Gasteiger partial charge on any atom is 0.995 e. The van der Waals surface area contributed by atoms with Crippen LogP contribution in [0.15, 0.2) is 103 Å². The zero-order valence-electron chi connectivity index (χ0n) is 17.4. The third kappa shape index (κ3) is 3.50. The molecule has 6 heteroatoms. The van der Waals surface area contributed by atoms with E-state index in [1.807, 2.05) is 84.9 Å². The Balaban J connectivity index is 1.58. The molecule has 0 aromatic heterocycles. The normalized spacial score (nSPS) is 17.3.